The average Bonchev–Trinajstić information content (AvgIpc) is 2.42. The van der Waals surface area contributed by atoms with Crippen molar-refractivity contribution in [1.82, 2.24) is 0 Å². The quantitative estimate of drug-likeness (QED) is 0.248. The third-order valence-corrected chi connectivity index (χ3v) is 2.48. The number of nitrogens with zero attached hydrogens (tertiary/aromatic N) is 2. The Bertz CT molecular complexity index is 555. The van der Waals surface area contributed by atoms with E-state index in [0.29, 0.717) is 12.0 Å². The summed E-state index contributed by atoms with van der Waals surface area (Å²) in [5.41, 5.74) is -0.289. The molecule has 0 aliphatic carbocycles. The van der Waals surface area contributed by atoms with Gasteiger partial charge in [0.25, 0.3) is 11.4 Å². The minimum Gasteiger partial charge on any atom is -0.463 e. The van der Waals surface area contributed by atoms with Gasteiger partial charge in [-0.05, 0) is 18.9 Å². The van der Waals surface area contributed by atoms with Crippen molar-refractivity contribution in [3.63, 3.8) is 0 Å². The molecule has 0 heterocycles. The maximum absolute atomic E-state index is 10.9. The smallest absolute Gasteiger partial charge is 0.330 e. The van der Waals surface area contributed by atoms with E-state index in [0.717, 1.165) is 12.1 Å². The van der Waals surface area contributed by atoms with E-state index in [1.165, 1.54) is 12.1 Å². The van der Waals surface area contributed by atoms with E-state index in [2.05, 4.69) is 6.58 Å². The van der Waals surface area contributed by atoms with Crippen molar-refractivity contribution in [1.29, 1.82) is 0 Å². The molecular formula is C12H12N2O6. The van der Waals surface area contributed by atoms with Gasteiger partial charge in [0.1, 0.15) is 0 Å². The van der Waals surface area contributed by atoms with Crippen LogP contribution in [0.4, 0.5) is 11.4 Å². The summed E-state index contributed by atoms with van der Waals surface area (Å²) in [4.78, 5) is 30.9. The zero-order valence-electron chi connectivity index (χ0n) is 10.5. The van der Waals surface area contributed by atoms with Crippen LogP contribution in [0.2, 0.25) is 0 Å². The molecule has 0 spiro atoms. The van der Waals surface area contributed by atoms with Crippen LogP contribution in [0, 0.1) is 20.2 Å². The predicted octanol–water partition coefficient (Wildman–Crippen LogP) is 2.16. The van der Waals surface area contributed by atoms with Crippen molar-refractivity contribution in [3.05, 3.63) is 56.6 Å². The highest BCUT2D eigenvalue weighted by Crippen LogP contribution is 2.25. The number of hydrogen-bond donors (Lipinski definition) is 0. The third-order valence-electron chi connectivity index (χ3n) is 2.48. The second-order valence-corrected chi connectivity index (χ2v) is 3.80. The maximum Gasteiger partial charge on any atom is 0.330 e. The van der Waals surface area contributed by atoms with Gasteiger partial charge in [0.05, 0.1) is 22.5 Å². The highest BCUT2D eigenvalue weighted by Gasteiger charge is 2.18. The van der Waals surface area contributed by atoms with E-state index in [4.69, 9.17) is 4.74 Å². The topological polar surface area (TPSA) is 113 Å². The minimum atomic E-state index is -0.692. The van der Waals surface area contributed by atoms with Gasteiger partial charge in [-0.3, -0.25) is 20.2 Å². The number of esters is 1. The number of aryl methyl sites for hydroxylation is 1. The fourth-order valence-electron chi connectivity index (χ4n) is 1.54. The van der Waals surface area contributed by atoms with Crippen LogP contribution in [0.5, 0.6) is 0 Å². The van der Waals surface area contributed by atoms with Gasteiger partial charge in [0.2, 0.25) is 0 Å². The van der Waals surface area contributed by atoms with Crippen LogP contribution in [-0.2, 0) is 16.0 Å². The molecule has 0 aliphatic heterocycles. The number of rotatable bonds is 7. The molecule has 0 saturated heterocycles. The standard InChI is InChI=1S/C12H12N2O6/c1-2-12(15)20-7-3-4-9-5-6-10(13(16)17)8-11(9)14(18)19/h2,5-6,8H,1,3-4,7H2. The first-order valence-electron chi connectivity index (χ1n) is 5.66. The Kier molecular flexibility index (Phi) is 5.33. The summed E-state index contributed by atoms with van der Waals surface area (Å²) in [6.45, 7) is 3.33. The molecule has 20 heavy (non-hydrogen) atoms. The van der Waals surface area contributed by atoms with E-state index in [1.54, 1.807) is 0 Å². The first-order valence-corrected chi connectivity index (χ1v) is 5.66. The van der Waals surface area contributed by atoms with Gasteiger partial charge >= 0.3 is 5.97 Å². The molecule has 1 aromatic carbocycles. The molecular weight excluding hydrogens is 268 g/mol. The average molecular weight is 280 g/mol. The van der Waals surface area contributed by atoms with E-state index >= 15 is 0 Å². The minimum absolute atomic E-state index is 0.0962. The molecule has 0 atom stereocenters. The molecule has 8 heteroatoms. The molecule has 1 aromatic rings. The summed E-state index contributed by atoms with van der Waals surface area (Å²) in [5.74, 6) is -0.566. The molecule has 0 aromatic heterocycles. The summed E-state index contributed by atoms with van der Waals surface area (Å²) < 4.78 is 4.74. The number of nitro benzene ring substituents is 2. The Morgan fingerprint density at radius 2 is 2.00 bits per heavy atom. The molecule has 1 rings (SSSR count). The van der Waals surface area contributed by atoms with Crippen molar-refractivity contribution < 1.29 is 19.4 Å². The van der Waals surface area contributed by atoms with E-state index in [1.807, 2.05) is 0 Å². The summed E-state index contributed by atoms with van der Waals surface area (Å²) in [6.07, 6.45) is 1.67. The number of benzene rings is 1. The summed E-state index contributed by atoms with van der Waals surface area (Å²) in [6, 6.07) is 3.47. The molecule has 0 amide bonds. The van der Waals surface area contributed by atoms with Crippen LogP contribution < -0.4 is 0 Å². The molecule has 8 nitrogen and oxygen atoms in total. The van der Waals surface area contributed by atoms with Crippen LogP contribution in [0.3, 0.4) is 0 Å². The zero-order valence-corrected chi connectivity index (χ0v) is 10.5. The van der Waals surface area contributed by atoms with E-state index in [9.17, 15) is 25.0 Å². The molecule has 0 bridgehead atoms. The molecule has 0 aliphatic rings. The van der Waals surface area contributed by atoms with Crippen LogP contribution >= 0.6 is 0 Å². The van der Waals surface area contributed by atoms with Crippen molar-refractivity contribution in [2.45, 2.75) is 12.8 Å². The Morgan fingerprint density at radius 3 is 2.55 bits per heavy atom. The van der Waals surface area contributed by atoms with Gasteiger partial charge < -0.3 is 4.74 Å². The lowest BCUT2D eigenvalue weighted by molar-refractivity contribution is -0.394. The van der Waals surface area contributed by atoms with Crippen molar-refractivity contribution in [2.75, 3.05) is 6.61 Å². The fourth-order valence-corrected chi connectivity index (χ4v) is 1.54. The lowest BCUT2D eigenvalue weighted by Crippen LogP contribution is -2.04. The number of carbonyl (C=O) groups excluding carboxylic acids is 1. The normalized spacial score (nSPS) is 9.80. The van der Waals surface area contributed by atoms with Crippen LogP contribution in [-0.4, -0.2) is 22.4 Å². The summed E-state index contributed by atoms with van der Waals surface area (Å²) >= 11 is 0. The van der Waals surface area contributed by atoms with Crippen molar-refractivity contribution in [2.24, 2.45) is 0 Å². The van der Waals surface area contributed by atoms with Gasteiger partial charge in [-0.25, -0.2) is 4.79 Å². The monoisotopic (exact) mass is 280 g/mol. The Morgan fingerprint density at radius 1 is 1.30 bits per heavy atom. The maximum atomic E-state index is 10.9. The van der Waals surface area contributed by atoms with Gasteiger partial charge in [0.15, 0.2) is 0 Å². The highest BCUT2D eigenvalue weighted by atomic mass is 16.6. The number of non-ortho nitro benzene ring substituents is 1. The first kappa shape index (κ1) is 15.3. The van der Waals surface area contributed by atoms with Crippen molar-refractivity contribution >= 4 is 17.3 Å². The molecule has 0 fully saturated rings. The molecule has 0 N–H and O–H groups in total. The fraction of sp³-hybridized carbons (Fsp3) is 0.250. The van der Waals surface area contributed by atoms with E-state index < -0.39 is 15.8 Å². The molecule has 0 unspecified atom stereocenters. The van der Waals surface area contributed by atoms with Crippen LogP contribution in [0.1, 0.15) is 12.0 Å². The van der Waals surface area contributed by atoms with Crippen LogP contribution in [0.15, 0.2) is 30.9 Å². The Labute approximate surface area is 114 Å². The SMILES string of the molecule is C=CC(=O)OCCCc1ccc([N+](=O)[O-])cc1[N+](=O)[O-]. The Balaban J connectivity index is 2.74. The lowest BCUT2D eigenvalue weighted by Gasteiger charge is -2.04. The van der Waals surface area contributed by atoms with Gasteiger partial charge in [-0.1, -0.05) is 6.58 Å². The summed E-state index contributed by atoms with van der Waals surface area (Å²) in [7, 11) is 0. The number of nitro groups is 2. The largest absolute Gasteiger partial charge is 0.463 e. The zero-order chi connectivity index (χ0) is 15.1. The van der Waals surface area contributed by atoms with Crippen LogP contribution in [0.25, 0.3) is 0 Å². The van der Waals surface area contributed by atoms with Gasteiger partial charge in [-0.2, -0.15) is 0 Å². The second kappa shape index (κ2) is 6.98. The van der Waals surface area contributed by atoms with Crippen molar-refractivity contribution in [3.8, 4) is 0 Å². The third kappa shape index (κ3) is 4.16. The molecule has 106 valence electrons. The Hall–Kier alpha value is -2.77. The van der Waals surface area contributed by atoms with Gasteiger partial charge in [0, 0.05) is 17.7 Å². The molecule has 0 saturated carbocycles. The number of ether oxygens (including phenoxy) is 1. The number of hydrogen-bond acceptors (Lipinski definition) is 6. The lowest BCUT2D eigenvalue weighted by atomic mass is 10.1. The number of carbonyl (C=O) groups is 1. The second-order valence-electron chi connectivity index (χ2n) is 3.80. The first-order chi connectivity index (χ1) is 9.45. The van der Waals surface area contributed by atoms with E-state index in [-0.39, 0.29) is 24.4 Å². The predicted molar refractivity (Wildman–Crippen MR) is 69.2 cm³/mol. The molecule has 0 radical (unpaired) electrons. The summed E-state index contributed by atoms with van der Waals surface area (Å²) in [5, 5.41) is 21.4. The highest BCUT2D eigenvalue weighted by molar-refractivity contribution is 5.81. The van der Waals surface area contributed by atoms with Gasteiger partial charge in [-0.15, -0.1) is 0 Å².